The maximum Gasteiger partial charge on any atom is 0.188 e. The van der Waals surface area contributed by atoms with Gasteiger partial charge in [-0.2, -0.15) is 0 Å². The molecule has 0 spiro atoms. The Bertz CT molecular complexity index is 508. The topological polar surface area (TPSA) is 62.7 Å². The average molecular weight is 275 g/mol. The fourth-order valence-corrected chi connectivity index (χ4v) is 2.90. The zero-order chi connectivity index (χ0) is 12.9. The molecule has 0 aromatic carbocycles. The van der Waals surface area contributed by atoms with E-state index in [1.165, 1.54) is 12.8 Å². The third-order valence-electron chi connectivity index (χ3n) is 3.29. The van der Waals surface area contributed by atoms with Crippen LogP contribution in [0.25, 0.3) is 0 Å². The van der Waals surface area contributed by atoms with Crippen LogP contribution in [0.5, 0.6) is 0 Å². The summed E-state index contributed by atoms with van der Waals surface area (Å²) < 4.78 is 0. The van der Waals surface area contributed by atoms with Crippen LogP contribution < -0.4 is 10.6 Å². The number of piperidine rings is 1. The van der Waals surface area contributed by atoms with Crippen molar-refractivity contribution in [3.05, 3.63) is 29.7 Å². The van der Waals surface area contributed by atoms with Gasteiger partial charge < -0.3 is 10.6 Å². The normalized spacial score (nSPS) is 19.3. The highest BCUT2D eigenvalue weighted by Crippen LogP contribution is 2.19. The molecule has 0 radical (unpaired) electrons. The van der Waals surface area contributed by atoms with E-state index < -0.39 is 0 Å². The molecule has 0 aliphatic carbocycles. The monoisotopic (exact) mass is 275 g/mol. The van der Waals surface area contributed by atoms with Crippen LogP contribution in [0.4, 0.5) is 10.9 Å². The van der Waals surface area contributed by atoms with Gasteiger partial charge in [0, 0.05) is 23.3 Å². The number of nitrogens with zero attached hydrogens (tertiary/aromatic N) is 3. The molecule has 1 unspecified atom stereocenters. The van der Waals surface area contributed by atoms with Gasteiger partial charge in [-0.05, 0) is 38.3 Å². The Kier molecular flexibility index (Phi) is 4.00. The van der Waals surface area contributed by atoms with Crippen LogP contribution in [0.2, 0.25) is 0 Å². The predicted octanol–water partition coefficient (Wildman–Crippen LogP) is 2.22. The van der Waals surface area contributed by atoms with Crippen LogP contribution in [0, 0.1) is 5.92 Å². The first kappa shape index (κ1) is 12.5. The minimum absolute atomic E-state index is 0.691. The third kappa shape index (κ3) is 3.48. The highest BCUT2D eigenvalue weighted by Gasteiger charge is 2.14. The summed E-state index contributed by atoms with van der Waals surface area (Å²) >= 11 is 1.57. The van der Waals surface area contributed by atoms with Gasteiger partial charge in [0.25, 0.3) is 0 Å². The summed E-state index contributed by atoms with van der Waals surface area (Å²) in [6.45, 7) is 2.25. The summed E-state index contributed by atoms with van der Waals surface area (Å²) in [7, 11) is 0. The molecule has 1 saturated heterocycles. The third-order valence-corrected chi connectivity index (χ3v) is 3.98. The number of anilines is 2. The average Bonchev–Trinajstić information content (AvgIpc) is 2.93. The second-order valence-corrected chi connectivity index (χ2v) is 5.67. The van der Waals surface area contributed by atoms with Gasteiger partial charge >= 0.3 is 0 Å². The molecule has 1 fully saturated rings. The summed E-state index contributed by atoms with van der Waals surface area (Å²) in [4.78, 5) is 12.8. The van der Waals surface area contributed by atoms with Crippen molar-refractivity contribution in [2.45, 2.75) is 19.3 Å². The van der Waals surface area contributed by atoms with Crippen molar-refractivity contribution in [2.24, 2.45) is 5.92 Å². The van der Waals surface area contributed by atoms with Gasteiger partial charge in [0.1, 0.15) is 12.1 Å². The molecule has 6 heteroatoms. The van der Waals surface area contributed by atoms with E-state index in [4.69, 9.17) is 0 Å². The molecule has 1 aliphatic rings. The lowest BCUT2D eigenvalue weighted by Crippen LogP contribution is -2.31. The van der Waals surface area contributed by atoms with E-state index in [0.717, 1.165) is 36.2 Å². The van der Waals surface area contributed by atoms with E-state index in [9.17, 15) is 0 Å². The Morgan fingerprint density at radius 1 is 1.37 bits per heavy atom. The Balaban J connectivity index is 1.65. The van der Waals surface area contributed by atoms with Gasteiger partial charge in [0.05, 0.1) is 0 Å². The lowest BCUT2D eigenvalue weighted by atomic mass is 9.94. The molecule has 3 heterocycles. The van der Waals surface area contributed by atoms with Crippen molar-refractivity contribution in [3.8, 4) is 0 Å². The lowest BCUT2D eigenvalue weighted by Gasteiger charge is -2.22. The first-order valence-electron chi connectivity index (χ1n) is 6.58. The van der Waals surface area contributed by atoms with Crippen molar-refractivity contribution in [1.29, 1.82) is 0 Å². The highest BCUT2D eigenvalue weighted by molar-refractivity contribution is 7.13. The Labute approximate surface area is 116 Å². The Morgan fingerprint density at radius 2 is 2.37 bits per heavy atom. The molecular weight excluding hydrogens is 258 g/mol. The van der Waals surface area contributed by atoms with Gasteiger partial charge in [-0.3, -0.25) is 0 Å². The minimum atomic E-state index is 0.691. The van der Waals surface area contributed by atoms with E-state index >= 15 is 0 Å². The SMILES string of the molecule is c1nc(CC2CCCNC2)cc(Nc2nccs2)n1. The maximum atomic E-state index is 4.37. The first-order valence-corrected chi connectivity index (χ1v) is 7.46. The van der Waals surface area contributed by atoms with Crippen LogP contribution in [0.15, 0.2) is 24.0 Å². The van der Waals surface area contributed by atoms with Crippen LogP contribution in [-0.2, 0) is 6.42 Å². The number of hydrogen-bond acceptors (Lipinski definition) is 6. The predicted molar refractivity (Wildman–Crippen MR) is 76.7 cm³/mol. The van der Waals surface area contributed by atoms with Gasteiger partial charge in [-0.1, -0.05) is 0 Å². The van der Waals surface area contributed by atoms with E-state index in [1.54, 1.807) is 23.9 Å². The first-order chi connectivity index (χ1) is 9.40. The van der Waals surface area contributed by atoms with E-state index in [0.29, 0.717) is 5.92 Å². The van der Waals surface area contributed by atoms with Gasteiger partial charge in [0.15, 0.2) is 5.13 Å². The molecule has 1 atom stereocenters. The largest absolute Gasteiger partial charge is 0.316 e. The van der Waals surface area contributed by atoms with Crippen LogP contribution in [0.3, 0.4) is 0 Å². The van der Waals surface area contributed by atoms with Crippen LogP contribution >= 0.6 is 11.3 Å². The molecule has 0 bridgehead atoms. The Morgan fingerprint density at radius 3 is 3.16 bits per heavy atom. The van der Waals surface area contributed by atoms with Crippen molar-refractivity contribution in [1.82, 2.24) is 20.3 Å². The number of rotatable bonds is 4. The summed E-state index contributed by atoms with van der Waals surface area (Å²) in [6.07, 6.45) is 6.97. The number of thiazole rings is 1. The van der Waals surface area contributed by atoms with Gasteiger partial charge in [-0.25, -0.2) is 15.0 Å². The zero-order valence-electron chi connectivity index (χ0n) is 10.7. The van der Waals surface area contributed by atoms with Crippen LogP contribution in [0.1, 0.15) is 18.5 Å². The van der Waals surface area contributed by atoms with Crippen molar-refractivity contribution >= 4 is 22.3 Å². The molecule has 0 saturated carbocycles. The number of hydrogen-bond donors (Lipinski definition) is 2. The molecule has 2 aromatic rings. The van der Waals surface area contributed by atoms with E-state index in [1.807, 2.05) is 11.4 Å². The Hall–Kier alpha value is -1.53. The summed E-state index contributed by atoms with van der Waals surface area (Å²) in [5.74, 6) is 1.51. The van der Waals surface area contributed by atoms with Crippen molar-refractivity contribution in [3.63, 3.8) is 0 Å². The quantitative estimate of drug-likeness (QED) is 0.896. The van der Waals surface area contributed by atoms with Crippen molar-refractivity contribution in [2.75, 3.05) is 18.4 Å². The summed E-state index contributed by atoms with van der Waals surface area (Å²) in [6, 6.07) is 2.02. The fraction of sp³-hybridized carbons (Fsp3) is 0.462. The maximum absolute atomic E-state index is 4.37. The molecule has 5 nitrogen and oxygen atoms in total. The molecule has 19 heavy (non-hydrogen) atoms. The van der Waals surface area contributed by atoms with Crippen LogP contribution in [-0.4, -0.2) is 28.0 Å². The molecule has 100 valence electrons. The minimum Gasteiger partial charge on any atom is -0.316 e. The second kappa shape index (κ2) is 6.08. The zero-order valence-corrected chi connectivity index (χ0v) is 11.5. The lowest BCUT2D eigenvalue weighted by molar-refractivity contribution is 0.373. The van der Waals surface area contributed by atoms with E-state index in [-0.39, 0.29) is 0 Å². The molecular formula is C13H17N5S. The highest BCUT2D eigenvalue weighted by atomic mass is 32.1. The van der Waals surface area contributed by atoms with Gasteiger partial charge in [-0.15, -0.1) is 11.3 Å². The molecule has 1 aliphatic heterocycles. The molecule has 3 rings (SSSR count). The van der Waals surface area contributed by atoms with Crippen molar-refractivity contribution < 1.29 is 0 Å². The number of nitrogens with one attached hydrogen (secondary N) is 2. The molecule has 0 amide bonds. The van der Waals surface area contributed by atoms with Gasteiger partial charge in [0.2, 0.25) is 0 Å². The van der Waals surface area contributed by atoms with E-state index in [2.05, 4.69) is 25.6 Å². The number of aromatic nitrogens is 3. The second-order valence-electron chi connectivity index (χ2n) is 4.77. The fourth-order valence-electron chi connectivity index (χ4n) is 2.37. The molecule has 2 N–H and O–H groups in total. The smallest absolute Gasteiger partial charge is 0.188 e. The summed E-state index contributed by atoms with van der Waals surface area (Å²) in [5.41, 5.74) is 1.10. The summed E-state index contributed by atoms with van der Waals surface area (Å²) in [5, 5.41) is 9.45. The standard InChI is InChI=1S/C13H17N5S/c1-2-10(8-14-3-1)6-11-7-12(17-9-16-11)18-13-15-4-5-19-13/h4-5,7,9-10,14H,1-3,6,8H2,(H,15,16,17,18). The molecule has 2 aromatic heterocycles.